The number of aromatic nitrogens is 3. The van der Waals surface area contributed by atoms with Gasteiger partial charge < -0.3 is 10.4 Å². The molecule has 1 atom stereocenters. The van der Waals surface area contributed by atoms with Gasteiger partial charge in [0.15, 0.2) is 0 Å². The second-order valence-electron chi connectivity index (χ2n) is 6.65. The van der Waals surface area contributed by atoms with Crippen molar-refractivity contribution in [3.8, 4) is 22.4 Å². The van der Waals surface area contributed by atoms with Gasteiger partial charge >= 0.3 is 6.09 Å². The van der Waals surface area contributed by atoms with Crippen LogP contribution in [0.15, 0.2) is 48.8 Å². The van der Waals surface area contributed by atoms with Gasteiger partial charge in [-0.2, -0.15) is 5.10 Å². The lowest BCUT2D eigenvalue weighted by molar-refractivity contribution is -0.125. The molecule has 2 N–H and O–H groups in total. The zero-order chi connectivity index (χ0) is 20.5. The summed E-state index contributed by atoms with van der Waals surface area (Å²) >= 11 is 0. The van der Waals surface area contributed by atoms with Crippen molar-refractivity contribution in [1.29, 1.82) is 0 Å². The molecule has 8 nitrogen and oxygen atoms in total. The third-order valence-corrected chi connectivity index (χ3v) is 4.95. The molecule has 1 aromatic carbocycles. The Labute approximate surface area is 165 Å². The lowest BCUT2D eigenvalue weighted by Gasteiger charge is -2.31. The van der Waals surface area contributed by atoms with E-state index in [0.717, 1.165) is 5.56 Å². The fraction of sp³-hybridized carbons (Fsp3) is 0.200. The maximum absolute atomic E-state index is 13.4. The molecule has 3 aromatic rings. The van der Waals surface area contributed by atoms with Crippen LogP contribution in [0.25, 0.3) is 22.4 Å². The molecule has 9 heteroatoms. The summed E-state index contributed by atoms with van der Waals surface area (Å²) < 4.78 is 15.0. The zero-order valence-electron chi connectivity index (χ0n) is 15.5. The number of fused-ring (bicyclic) bond motifs is 1. The van der Waals surface area contributed by atoms with Gasteiger partial charge in [-0.05, 0) is 42.0 Å². The largest absolute Gasteiger partial charge is 0.465 e. The SMILES string of the molecule is CNC(=O)C1CN(C(=O)O)Cc2c(-c3ccncc3)c(-c3ccc(F)cc3)nn21. The van der Waals surface area contributed by atoms with E-state index in [2.05, 4.69) is 15.4 Å². The molecule has 1 aliphatic heterocycles. The highest BCUT2D eigenvalue weighted by atomic mass is 19.1. The van der Waals surface area contributed by atoms with Crippen molar-refractivity contribution in [3.05, 3.63) is 60.3 Å². The Morgan fingerprint density at radius 3 is 2.45 bits per heavy atom. The van der Waals surface area contributed by atoms with Crippen LogP contribution in [0.5, 0.6) is 0 Å². The summed E-state index contributed by atoms with van der Waals surface area (Å²) in [5.41, 5.74) is 3.28. The summed E-state index contributed by atoms with van der Waals surface area (Å²) in [4.78, 5) is 29.4. The zero-order valence-corrected chi connectivity index (χ0v) is 15.5. The van der Waals surface area contributed by atoms with E-state index in [0.29, 0.717) is 22.5 Å². The first-order valence-electron chi connectivity index (χ1n) is 8.96. The first-order chi connectivity index (χ1) is 14.0. The average molecular weight is 395 g/mol. The summed E-state index contributed by atoms with van der Waals surface area (Å²) in [5.74, 6) is -0.713. The molecule has 0 spiro atoms. The smallest absolute Gasteiger partial charge is 0.407 e. The van der Waals surface area contributed by atoms with Gasteiger partial charge in [-0.25, -0.2) is 9.18 Å². The van der Waals surface area contributed by atoms with Crippen molar-refractivity contribution in [2.45, 2.75) is 12.6 Å². The number of carbonyl (C=O) groups is 2. The molecule has 0 saturated heterocycles. The van der Waals surface area contributed by atoms with E-state index in [4.69, 9.17) is 0 Å². The number of pyridine rings is 1. The number of carbonyl (C=O) groups excluding carboxylic acids is 1. The fourth-order valence-corrected chi connectivity index (χ4v) is 3.55. The Hall–Kier alpha value is -3.75. The van der Waals surface area contributed by atoms with Crippen molar-refractivity contribution < 1.29 is 19.1 Å². The maximum Gasteiger partial charge on any atom is 0.407 e. The number of carboxylic acid groups (broad SMARTS) is 1. The van der Waals surface area contributed by atoms with Gasteiger partial charge in [0.05, 0.1) is 18.8 Å². The summed E-state index contributed by atoms with van der Waals surface area (Å²) in [6.07, 6.45) is 2.14. The van der Waals surface area contributed by atoms with Gasteiger partial charge in [-0.3, -0.25) is 19.4 Å². The van der Waals surface area contributed by atoms with Crippen LogP contribution in [0.1, 0.15) is 11.7 Å². The maximum atomic E-state index is 13.4. The molecular formula is C20H18FN5O3. The standard InChI is InChI=1S/C20H18FN5O3/c1-22-19(27)16-11-25(20(28)29)10-15-17(12-6-8-23-9-7-12)18(24-26(15)16)13-2-4-14(21)5-3-13/h2-9,16H,10-11H2,1H3,(H,22,27)(H,28,29). The number of nitrogens with one attached hydrogen (secondary N) is 1. The molecule has 0 bridgehead atoms. The van der Waals surface area contributed by atoms with Gasteiger partial charge in [0.2, 0.25) is 5.91 Å². The Morgan fingerprint density at radius 1 is 1.14 bits per heavy atom. The molecule has 0 saturated carbocycles. The van der Waals surface area contributed by atoms with Crippen LogP contribution < -0.4 is 5.32 Å². The molecule has 0 fully saturated rings. The highest BCUT2D eigenvalue weighted by molar-refractivity contribution is 5.86. The van der Waals surface area contributed by atoms with Crippen LogP contribution in [0.2, 0.25) is 0 Å². The van der Waals surface area contributed by atoms with Crippen molar-refractivity contribution in [3.63, 3.8) is 0 Å². The van der Waals surface area contributed by atoms with E-state index in [-0.39, 0.29) is 24.8 Å². The Bertz CT molecular complexity index is 1070. The summed E-state index contributed by atoms with van der Waals surface area (Å²) in [6, 6.07) is 8.66. The second kappa shape index (κ2) is 7.34. The molecule has 148 valence electrons. The topological polar surface area (TPSA) is 100 Å². The molecular weight excluding hydrogens is 377 g/mol. The van der Waals surface area contributed by atoms with Gasteiger partial charge in [-0.1, -0.05) is 0 Å². The first-order valence-corrected chi connectivity index (χ1v) is 8.96. The van der Waals surface area contributed by atoms with E-state index in [1.807, 2.05) is 0 Å². The van der Waals surface area contributed by atoms with E-state index in [9.17, 15) is 19.1 Å². The molecule has 2 amide bonds. The van der Waals surface area contributed by atoms with E-state index >= 15 is 0 Å². The number of likely N-dealkylation sites (N-methyl/N-ethyl adjacent to an activating group) is 1. The minimum absolute atomic E-state index is 0.0116. The van der Waals surface area contributed by atoms with E-state index < -0.39 is 12.1 Å². The predicted octanol–water partition coefficient (Wildman–Crippen LogP) is 2.53. The van der Waals surface area contributed by atoms with Crippen molar-refractivity contribution in [2.24, 2.45) is 0 Å². The van der Waals surface area contributed by atoms with Crippen LogP contribution >= 0.6 is 0 Å². The molecule has 29 heavy (non-hydrogen) atoms. The van der Waals surface area contributed by atoms with Crippen LogP contribution in [-0.2, 0) is 11.3 Å². The van der Waals surface area contributed by atoms with Gasteiger partial charge in [0, 0.05) is 30.6 Å². The quantitative estimate of drug-likeness (QED) is 0.710. The highest BCUT2D eigenvalue weighted by Gasteiger charge is 2.36. The van der Waals surface area contributed by atoms with Gasteiger partial charge in [-0.15, -0.1) is 0 Å². The number of amides is 2. The second-order valence-corrected chi connectivity index (χ2v) is 6.65. The monoisotopic (exact) mass is 395 g/mol. The molecule has 2 aromatic heterocycles. The van der Waals surface area contributed by atoms with Gasteiger partial charge in [0.25, 0.3) is 0 Å². The van der Waals surface area contributed by atoms with Crippen molar-refractivity contribution in [2.75, 3.05) is 13.6 Å². The molecule has 0 aliphatic carbocycles. The summed E-state index contributed by atoms with van der Waals surface area (Å²) in [7, 11) is 1.50. The summed E-state index contributed by atoms with van der Waals surface area (Å²) in [5, 5.41) is 16.8. The molecule has 0 radical (unpaired) electrons. The van der Waals surface area contributed by atoms with Crippen molar-refractivity contribution in [1.82, 2.24) is 25.0 Å². The number of halogens is 1. The molecule has 4 rings (SSSR count). The number of nitrogens with zero attached hydrogens (tertiary/aromatic N) is 4. The van der Waals surface area contributed by atoms with Crippen LogP contribution in [0.3, 0.4) is 0 Å². The normalized spacial score (nSPS) is 15.7. The Balaban J connectivity index is 1.97. The third-order valence-electron chi connectivity index (χ3n) is 4.95. The molecule has 1 unspecified atom stereocenters. The number of hydrogen-bond acceptors (Lipinski definition) is 4. The number of rotatable bonds is 3. The highest BCUT2D eigenvalue weighted by Crippen LogP contribution is 2.38. The Morgan fingerprint density at radius 2 is 1.83 bits per heavy atom. The lowest BCUT2D eigenvalue weighted by atomic mass is 9.98. The number of hydrogen-bond donors (Lipinski definition) is 2. The van der Waals surface area contributed by atoms with Crippen LogP contribution in [-0.4, -0.2) is 50.4 Å². The van der Waals surface area contributed by atoms with Gasteiger partial charge in [0.1, 0.15) is 17.6 Å². The molecule has 1 aliphatic rings. The minimum Gasteiger partial charge on any atom is -0.465 e. The predicted molar refractivity (Wildman–Crippen MR) is 102 cm³/mol. The fourth-order valence-electron chi connectivity index (χ4n) is 3.55. The van der Waals surface area contributed by atoms with E-state index in [1.165, 1.54) is 24.1 Å². The van der Waals surface area contributed by atoms with Crippen molar-refractivity contribution >= 4 is 12.0 Å². The third kappa shape index (κ3) is 3.31. The minimum atomic E-state index is -1.12. The summed E-state index contributed by atoms with van der Waals surface area (Å²) in [6.45, 7) is 0.0665. The first kappa shape index (κ1) is 18.6. The van der Waals surface area contributed by atoms with Crippen LogP contribution in [0, 0.1) is 5.82 Å². The molecule has 3 heterocycles. The van der Waals surface area contributed by atoms with E-state index in [1.54, 1.807) is 41.3 Å². The Kier molecular flexibility index (Phi) is 4.71. The average Bonchev–Trinajstić information content (AvgIpc) is 3.13. The lowest BCUT2D eigenvalue weighted by Crippen LogP contribution is -2.46. The van der Waals surface area contributed by atoms with Crippen LogP contribution in [0.4, 0.5) is 9.18 Å². The number of benzene rings is 1.